The van der Waals surface area contributed by atoms with E-state index in [1.54, 1.807) is 0 Å². The van der Waals surface area contributed by atoms with Crippen molar-refractivity contribution >= 4 is 21.8 Å². The highest BCUT2D eigenvalue weighted by molar-refractivity contribution is 6.11. The first-order valence-electron chi connectivity index (χ1n) is 7.75. The van der Waals surface area contributed by atoms with E-state index in [1.165, 1.54) is 12.1 Å². The summed E-state index contributed by atoms with van der Waals surface area (Å²) >= 11 is 0. The fraction of sp³-hybridized carbons (Fsp3) is 0.105. The van der Waals surface area contributed by atoms with Crippen molar-refractivity contribution in [2.24, 2.45) is 5.73 Å². The Morgan fingerprint density at radius 1 is 0.960 bits per heavy atom. The number of aromatic nitrogens is 2. The van der Waals surface area contributed by atoms with Gasteiger partial charge in [-0.1, -0.05) is 30.3 Å². The summed E-state index contributed by atoms with van der Waals surface area (Å²) in [6.07, 6.45) is -4.36. The van der Waals surface area contributed by atoms with Gasteiger partial charge in [-0.05, 0) is 24.3 Å². The molecule has 0 fully saturated rings. The van der Waals surface area contributed by atoms with Gasteiger partial charge in [0.15, 0.2) is 0 Å². The molecule has 0 aliphatic heterocycles. The van der Waals surface area contributed by atoms with Crippen molar-refractivity contribution in [3.05, 3.63) is 65.9 Å². The van der Waals surface area contributed by atoms with Crippen molar-refractivity contribution in [1.82, 2.24) is 9.97 Å². The van der Waals surface area contributed by atoms with Crippen molar-refractivity contribution in [2.75, 3.05) is 0 Å². The van der Waals surface area contributed by atoms with Crippen molar-refractivity contribution in [1.29, 1.82) is 0 Å². The van der Waals surface area contributed by atoms with Gasteiger partial charge in [-0.2, -0.15) is 13.2 Å². The van der Waals surface area contributed by atoms with Crippen molar-refractivity contribution in [3.63, 3.8) is 0 Å². The van der Waals surface area contributed by atoms with Crippen LogP contribution in [0.5, 0.6) is 0 Å². The second-order valence-electron chi connectivity index (χ2n) is 5.83. The smallest absolute Gasteiger partial charge is 0.353 e. The second-order valence-corrected chi connectivity index (χ2v) is 5.83. The molecule has 6 heteroatoms. The summed E-state index contributed by atoms with van der Waals surface area (Å²) in [7, 11) is 0. The number of para-hydroxylation sites is 1. The number of hydrogen-bond donors (Lipinski definition) is 2. The monoisotopic (exact) mass is 341 g/mol. The number of hydrogen-bond acceptors (Lipinski definition) is 2. The van der Waals surface area contributed by atoms with Gasteiger partial charge in [0.05, 0.1) is 22.5 Å². The second kappa shape index (κ2) is 5.60. The fourth-order valence-electron chi connectivity index (χ4n) is 3.03. The molecule has 3 N–H and O–H groups in total. The number of nitrogens with two attached hydrogens (primary N) is 1. The van der Waals surface area contributed by atoms with Gasteiger partial charge in [0, 0.05) is 28.4 Å². The van der Waals surface area contributed by atoms with Crippen LogP contribution in [0.2, 0.25) is 0 Å². The Hall–Kier alpha value is -2.86. The van der Waals surface area contributed by atoms with Gasteiger partial charge in [0.1, 0.15) is 0 Å². The molecule has 0 spiro atoms. The largest absolute Gasteiger partial charge is 0.416 e. The quantitative estimate of drug-likeness (QED) is 0.547. The van der Waals surface area contributed by atoms with Crippen LogP contribution in [0.4, 0.5) is 13.2 Å². The summed E-state index contributed by atoms with van der Waals surface area (Å²) in [5, 5.41) is 1.99. The minimum atomic E-state index is -4.36. The van der Waals surface area contributed by atoms with Gasteiger partial charge in [0.2, 0.25) is 0 Å². The van der Waals surface area contributed by atoms with Crippen LogP contribution in [0.3, 0.4) is 0 Å². The number of aromatic amines is 1. The average Bonchev–Trinajstić information content (AvgIpc) is 2.99. The van der Waals surface area contributed by atoms with Crippen molar-refractivity contribution in [2.45, 2.75) is 12.7 Å². The lowest BCUT2D eigenvalue weighted by atomic mass is 10.0. The standard InChI is InChI=1S/C19H14F3N3/c20-19(21,22)12-7-5-11(6-8-12)17-18-15(9-13(10-23)24-17)14-3-1-2-4-16(14)25-18/h1-9,25H,10,23H2. The van der Waals surface area contributed by atoms with E-state index in [1.807, 2.05) is 30.3 Å². The first kappa shape index (κ1) is 15.7. The first-order valence-corrected chi connectivity index (χ1v) is 7.75. The van der Waals surface area contributed by atoms with E-state index in [-0.39, 0.29) is 6.54 Å². The number of nitrogens with zero attached hydrogens (tertiary/aromatic N) is 1. The van der Waals surface area contributed by atoms with E-state index in [2.05, 4.69) is 9.97 Å². The molecule has 126 valence electrons. The Morgan fingerprint density at radius 2 is 1.68 bits per heavy atom. The van der Waals surface area contributed by atoms with Crippen LogP contribution in [0, 0.1) is 0 Å². The Balaban J connectivity index is 1.97. The predicted octanol–water partition coefficient (Wildman–Crippen LogP) is 4.86. The Morgan fingerprint density at radius 3 is 2.36 bits per heavy atom. The summed E-state index contributed by atoms with van der Waals surface area (Å²) in [4.78, 5) is 7.85. The van der Waals surface area contributed by atoms with E-state index < -0.39 is 11.7 Å². The highest BCUT2D eigenvalue weighted by Gasteiger charge is 2.30. The van der Waals surface area contributed by atoms with E-state index >= 15 is 0 Å². The molecule has 0 saturated heterocycles. The number of H-pyrrole nitrogens is 1. The van der Waals surface area contributed by atoms with Crippen molar-refractivity contribution < 1.29 is 13.2 Å². The van der Waals surface area contributed by atoms with E-state index in [9.17, 15) is 13.2 Å². The van der Waals surface area contributed by atoms with Gasteiger partial charge in [-0.15, -0.1) is 0 Å². The normalized spacial score (nSPS) is 12.2. The summed E-state index contributed by atoms with van der Waals surface area (Å²) in [6.45, 7) is 0.253. The van der Waals surface area contributed by atoms with Crippen LogP contribution in [-0.4, -0.2) is 9.97 Å². The summed E-state index contributed by atoms with van der Waals surface area (Å²) in [6, 6.07) is 14.7. The minimum absolute atomic E-state index is 0.253. The number of fused-ring (bicyclic) bond motifs is 3. The molecule has 25 heavy (non-hydrogen) atoms. The molecule has 2 aromatic heterocycles. The maximum atomic E-state index is 12.8. The van der Waals surface area contributed by atoms with Gasteiger partial charge in [0.25, 0.3) is 0 Å². The lowest BCUT2D eigenvalue weighted by Crippen LogP contribution is -2.04. The number of rotatable bonds is 2. The SMILES string of the molecule is NCc1cc2c([nH]c3ccccc32)c(-c2ccc(C(F)(F)F)cc2)n1. The predicted molar refractivity (Wildman–Crippen MR) is 91.9 cm³/mol. The zero-order valence-corrected chi connectivity index (χ0v) is 13.1. The summed E-state index contributed by atoms with van der Waals surface area (Å²) in [5.74, 6) is 0. The topological polar surface area (TPSA) is 54.7 Å². The molecule has 0 aliphatic rings. The molecule has 3 nitrogen and oxygen atoms in total. The third kappa shape index (κ3) is 2.64. The fourth-order valence-corrected chi connectivity index (χ4v) is 3.03. The molecule has 0 saturated carbocycles. The van der Waals surface area contributed by atoms with E-state index in [4.69, 9.17) is 5.73 Å². The molecule has 0 unspecified atom stereocenters. The molecule has 2 heterocycles. The highest BCUT2D eigenvalue weighted by Crippen LogP contribution is 2.34. The third-order valence-electron chi connectivity index (χ3n) is 4.24. The Labute approximate surface area is 141 Å². The molecule has 2 aromatic carbocycles. The van der Waals surface area contributed by atoms with Crippen LogP contribution in [0.15, 0.2) is 54.6 Å². The zero-order valence-electron chi connectivity index (χ0n) is 13.1. The number of nitrogens with one attached hydrogen (secondary N) is 1. The lowest BCUT2D eigenvalue weighted by Gasteiger charge is -2.09. The lowest BCUT2D eigenvalue weighted by molar-refractivity contribution is -0.137. The number of halogens is 3. The molecule has 0 aliphatic carbocycles. The summed E-state index contributed by atoms with van der Waals surface area (Å²) in [5.41, 5.74) is 8.71. The maximum Gasteiger partial charge on any atom is 0.416 e. The van der Waals surface area contributed by atoms with Gasteiger partial charge in [-0.25, -0.2) is 4.98 Å². The number of alkyl halides is 3. The molecule has 0 atom stereocenters. The highest BCUT2D eigenvalue weighted by atomic mass is 19.4. The summed E-state index contributed by atoms with van der Waals surface area (Å²) < 4.78 is 38.4. The maximum absolute atomic E-state index is 12.8. The first-order chi connectivity index (χ1) is 12.0. The van der Waals surface area contributed by atoms with E-state index in [0.29, 0.717) is 17.0 Å². The van der Waals surface area contributed by atoms with Crippen LogP contribution >= 0.6 is 0 Å². The van der Waals surface area contributed by atoms with Crippen LogP contribution in [-0.2, 0) is 12.7 Å². The van der Waals surface area contributed by atoms with Crippen LogP contribution in [0.1, 0.15) is 11.3 Å². The number of pyridine rings is 1. The molecule has 0 amide bonds. The zero-order chi connectivity index (χ0) is 17.6. The molecule has 0 radical (unpaired) electrons. The van der Waals surface area contributed by atoms with Crippen LogP contribution < -0.4 is 5.73 Å². The van der Waals surface area contributed by atoms with Crippen molar-refractivity contribution in [3.8, 4) is 11.3 Å². The van der Waals surface area contributed by atoms with E-state index in [0.717, 1.165) is 33.9 Å². The Bertz CT molecular complexity index is 1060. The minimum Gasteiger partial charge on any atom is -0.353 e. The van der Waals surface area contributed by atoms with Gasteiger partial charge in [-0.3, -0.25) is 0 Å². The molecular weight excluding hydrogens is 327 g/mol. The molecule has 4 aromatic rings. The average molecular weight is 341 g/mol. The third-order valence-corrected chi connectivity index (χ3v) is 4.24. The van der Waals surface area contributed by atoms with Gasteiger partial charge >= 0.3 is 6.18 Å². The Kier molecular flexibility index (Phi) is 3.51. The molecule has 4 rings (SSSR count). The number of benzene rings is 2. The molecular formula is C19H14F3N3. The van der Waals surface area contributed by atoms with Crippen LogP contribution in [0.25, 0.3) is 33.1 Å². The van der Waals surface area contributed by atoms with Gasteiger partial charge < -0.3 is 10.7 Å². The molecule has 0 bridgehead atoms.